The standard InChI is InChI=1S/C30H37N3O4S/c1-18-14-20(3)26(21(4)15-18)8-9-27-29(24(7)32-37-27)38(35,36)33-12-10-25(11-13-33)30(34)31-28-22(5)16-19(2)17-23(28)6/h8-9,14-17,25H,10-13H2,1-7H3,(H,31,34). The lowest BCUT2D eigenvalue weighted by molar-refractivity contribution is -0.120. The number of sulfonamides is 1. The molecule has 1 fully saturated rings. The Balaban J connectivity index is 1.49. The molecule has 0 saturated carbocycles. The smallest absolute Gasteiger partial charge is 0.248 e. The molecule has 7 nitrogen and oxygen atoms in total. The summed E-state index contributed by atoms with van der Waals surface area (Å²) in [6, 6.07) is 8.29. The van der Waals surface area contributed by atoms with Crippen molar-refractivity contribution in [3.05, 3.63) is 74.7 Å². The van der Waals surface area contributed by atoms with Crippen LogP contribution < -0.4 is 5.32 Å². The summed E-state index contributed by atoms with van der Waals surface area (Å²) in [6.07, 6.45) is 4.47. The van der Waals surface area contributed by atoms with Crippen molar-refractivity contribution in [2.75, 3.05) is 18.4 Å². The number of carbonyl (C=O) groups is 1. The Morgan fingerprint density at radius 2 is 1.42 bits per heavy atom. The van der Waals surface area contributed by atoms with Gasteiger partial charge >= 0.3 is 0 Å². The van der Waals surface area contributed by atoms with Gasteiger partial charge in [0.15, 0.2) is 10.7 Å². The van der Waals surface area contributed by atoms with Crippen molar-refractivity contribution in [3.63, 3.8) is 0 Å². The number of carbonyl (C=O) groups excluding carboxylic acids is 1. The van der Waals surface area contributed by atoms with Crippen LogP contribution in [0.2, 0.25) is 0 Å². The van der Waals surface area contributed by atoms with Gasteiger partial charge in [0.1, 0.15) is 5.69 Å². The zero-order valence-corrected chi connectivity index (χ0v) is 24.1. The number of hydrogen-bond donors (Lipinski definition) is 1. The topological polar surface area (TPSA) is 92.5 Å². The van der Waals surface area contributed by atoms with Gasteiger partial charge in [0.05, 0.1) is 0 Å². The lowest BCUT2D eigenvalue weighted by atomic mass is 9.96. The Morgan fingerprint density at radius 3 is 1.97 bits per heavy atom. The van der Waals surface area contributed by atoms with E-state index in [-0.39, 0.29) is 35.6 Å². The highest BCUT2D eigenvalue weighted by molar-refractivity contribution is 7.89. The minimum atomic E-state index is -3.84. The number of piperidine rings is 1. The molecule has 2 heterocycles. The van der Waals surface area contributed by atoms with Crippen LogP contribution in [-0.4, -0.2) is 36.9 Å². The third-order valence-electron chi connectivity index (χ3n) is 7.32. The molecule has 1 aliphatic rings. The second-order valence-electron chi connectivity index (χ2n) is 10.5. The Morgan fingerprint density at radius 1 is 0.895 bits per heavy atom. The average Bonchev–Trinajstić information content (AvgIpc) is 3.21. The highest BCUT2D eigenvalue weighted by Crippen LogP contribution is 2.31. The molecule has 1 aromatic heterocycles. The van der Waals surface area contributed by atoms with E-state index in [9.17, 15) is 13.2 Å². The van der Waals surface area contributed by atoms with Crippen LogP contribution in [0.5, 0.6) is 0 Å². The average molecular weight is 536 g/mol. The van der Waals surface area contributed by atoms with Crippen molar-refractivity contribution in [1.82, 2.24) is 9.46 Å². The van der Waals surface area contributed by atoms with Crippen molar-refractivity contribution in [3.8, 4) is 0 Å². The minimum Gasteiger partial charge on any atom is -0.355 e. The van der Waals surface area contributed by atoms with E-state index >= 15 is 0 Å². The van der Waals surface area contributed by atoms with Crippen molar-refractivity contribution in [2.45, 2.75) is 66.2 Å². The molecule has 1 N–H and O–H groups in total. The van der Waals surface area contributed by atoms with Gasteiger partial charge < -0.3 is 9.84 Å². The largest absolute Gasteiger partial charge is 0.355 e. The molecule has 1 saturated heterocycles. The number of aryl methyl sites for hydroxylation is 7. The number of aromatic nitrogens is 1. The zero-order valence-electron chi connectivity index (χ0n) is 23.3. The van der Waals surface area contributed by atoms with Crippen LogP contribution in [0.25, 0.3) is 12.2 Å². The number of hydrogen-bond acceptors (Lipinski definition) is 5. The third-order valence-corrected chi connectivity index (χ3v) is 9.38. The Bertz CT molecular complexity index is 1460. The van der Waals surface area contributed by atoms with E-state index in [2.05, 4.69) is 29.5 Å². The number of benzene rings is 2. The summed E-state index contributed by atoms with van der Waals surface area (Å²) in [5.41, 5.74) is 8.78. The number of anilines is 1. The third kappa shape index (κ3) is 5.61. The fourth-order valence-corrected chi connectivity index (χ4v) is 7.22. The van der Waals surface area contributed by atoms with Crippen LogP contribution in [0.15, 0.2) is 33.7 Å². The zero-order chi connectivity index (χ0) is 27.8. The van der Waals surface area contributed by atoms with Gasteiger partial charge in [-0.1, -0.05) is 46.6 Å². The first kappa shape index (κ1) is 27.8. The monoisotopic (exact) mass is 535 g/mol. The van der Waals surface area contributed by atoms with Crippen molar-refractivity contribution in [2.24, 2.45) is 5.92 Å². The Labute approximate surface area is 226 Å². The molecule has 0 unspecified atom stereocenters. The van der Waals surface area contributed by atoms with E-state index in [0.29, 0.717) is 18.5 Å². The van der Waals surface area contributed by atoms with Gasteiger partial charge in [-0.05, 0) is 95.2 Å². The van der Waals surface area contributed by atoms with E-state index in [4.69, 9.17) is 4.52 Å². The molecule has 0 bridgehead atoms. The number of amides is 1. The van der Waals surface area contributed by atoms with Crippen molar-refractivity contribution >= 4 is 33.8 Å². The summed E-state index contributed by atoms with van der Waals surface area (Å²) >= 11 is 0. The van der Waals surface area contributed by atoms with Crippen LogP contribution in [-0.2, 0) is 14.8 Å². The van der Waals surface area contributed by atoms with Gasteiger partial charge in [0.2, 0.25) is 15.9 Å². The van der Waals surface area contributed by atoms with Crippen molar-refractivity contribution in [1.29, 1.82) is 0 Å². The van der Waals surface area contributed by atoms with E-state index in [0.717, 1.165) is 39.1 Å². The summed E-state index contributed by atoms with van der Waals surface area (Å²) < 4.78 is 34.2. The highest BCUT2D eigenvalue weighted by atomic mass is 32.2. The molecule has 4 rings (SSSR count). The lowest BCUT2D eigenvalue weighted by Gasteiger charge is -2.30. The van der Waals surface area contributed by atoms with Gasteiger partial charge in [-0.25, -0.2) is 8.42 Å². The molecule has 38 heavy (non-hydrogen) atoms. The summed E-state index contributed by atoms with van der Waals surface area (Å²) in [4.78, 5) is 13.1. The maximum absolute atomic E-state index is 13.7. The van der Waals surface area contributed by atoms with Crippen LogP contribution in [0.3, 0.4) is 0 Å². The number of nitrogens with one attached hydrogen (secondary N) is 1. The molecule has 1 amide bonds. The summed E-state index contributed by atoms with van der Waals surface area (Å²) in [6.45, 7) is 14.3. The molecule has 0 radical (unpaired) electrons. The SMILES string of the molecule is Cc1cc(C)c(C=Cc2onc(C)c2S(=O)(=O)N2CCC(C(=O)Nc3c(C)cc(C)cc3C)CC2)c(C)c1. The van der Waals surface area contributed by atoms with E-state index < -0.39 is 10.0 Å². The fraction of sp³-hybridized carbons (Fsp3) is 0.400. The first-order valence-electron chi connectivity index (χ1n) is 13.0. The number of nitrogens with zero attached hydrogens (tertiary/aromatic N) is 2. The van der Waals surface area contributed by atoms with Gasteiger partial charge in [-0.15, -0.1) is 0 Å². The van der Waals surface area contributed by atoms with E-state index in [1.807, 2.05) is 52.8 Å². The fourth-order valence-electron chi connectivity index (χ4n) is 5.50. The van der Waals surface area contributed by atoms with Gasteiger partial charge in [0, 0.05) is 24.7 Å². The first-order chi connectivity index (χ1) is 17.9. The van der Waals surface area contributed by atoms with Gasteiger partial charge in [0.25, 0.3) is 0 Å². The minimum absolute atomic E-state index is 0.0641. The first-order valence-corrected chi connectivity index (χ1v) is 14.4. The Kier molecular flexibility index (Phi) is 7.95. The second-order valence-corrected chi connectivity index (χ2v) is 12.4. The molecule has 202 valence electrons. The van der Waals surface area contributed by atoms with Crippen LogP contribution >= 0.6 is 0 Å². The normalized spacial score (nSPS) is 15.3. The maximum atomic E-state index is 13.7. The van der Waals surface area contributed by atoms with Crippen molar-refractivity contribution < 1.29 is 17.7 Å². The summed E-state index contributed by atoms with van der Waals surface area (Å²) in [7, 11) is -3.84. The maximum Gasteiger partial charge on any atom is 0.248 e. The molecular formula is C30H37N3O4S. The summed E-state index contributed by atoms with van der Waals surface area (Å²) in [5.74, 6) is -0.102. The summed E-state index contributed by atoms with van der Waals surface area (Å²) in [5, 5.41) is 7.04. The molecule has 3 aromatic rings. The van der Waals surface area contributed by atoms with Crippen LogP contribution in [0, 0.1) is 54.4 Å². The highest BCUT2D eigenvalue weighted by Gasteiger charge is 2.36. The Hall–Kier alpha value is -3.23. The molecule has 1 aliphatic heterocycles. The number of rotatable bonds is 6. The molecule has 0 atom stereocenters. The second kappa shape index (κ2) is 10.9. The van der Waals surface area contributed by atoms with Gasteiger partial charge in [-0.2, -0.15) is 4.31 Å². The molecule has 0 spiro atoms. The molecule has 2 aromatic carbocycles. The predicted molar refractivity (Wildman–Crippen MR) is 152 cm³/mol. The lowest BCUT2D eigenvalue weighted by Crippen LogP contribution is -2.41. The molecule has 0 aliphatic carbocycles. The molecule has 8 heteroatoms. The van der Waals surface area contributed by atoms with E-state index in [1.54, 1.807) is 13.0 Å². The van der Waals surface area contributed by atoms with Crippen LogP contribution in [0.1, 0.15) is 63.2 Å². The van der Waals surface area contributed by atoms with Crippen LogP contribution in [0.4, 0.5) is 5.69 Å². The van der Waals surface area contributed by atoms with E-state index in [1.165, 1.54) is 9.87 Å². The molecular weight excluding hydrogens is 498 g/mol. The quantitative estimate of drug-likeness (QED) is 0.415. The predicted octanol–water partition coefficient (Wildman–Crippen LogP) is 6.04. The van der Waals surface area contributed by atoms with Gasteiger partial charge in [-0.3, -0.25) is 4.79 Å².